The van der Waals surface area contributed by atoms with Crippen LogP contribution < -0.4 is 0 Å². The molecule has 0 atom stereocenters. The Hall–Kier alpha value is -1.71. The van der Waals surface area contributed by atoms with Crippen LogP contribution in [0.5, 0.6) is 0 Å². The fourth-order valence-electron chi connectivity index (χ4n) is 0.831. The van der Waals surface area contributed by atoms with Crippen LogP contribution in [0.15, 0.2) is 24.0 Å². The molecule has 0 spiro atoms. The van der Waals surface area contributed by atoms with E-state index in [0.717, 1.165) is 5.56 Å². The summed E-state index contributed by atoms with van der Waals surface area (Å²) < 4.78 is 0. The van der Waals surface area contributed by atoms with Crippen LogP contribution in [0.1, 0.15) is 18.2 Å². The van der Waals surface area contributed by atoms with Crippen molar-refractivity contribution in [3.8, 4) is 0 Å². The van der Waals surface area contributed by atoms with Crippen molar-refractivity contribution in [1.82, 2.24) is 4.98 Å². The number of hydrogen-bond donors (Lipinski definition) is 0. The highest BCUT2D eigenvalue weighted by molar-refractivity contribution is 5.45. The lowest BCUT2D eigenvalue weighted by Gasteiger charge is -1.93. The molecule has 1 rings (SSSR count). The van der Waals surface area contributed by atoms with Crippen molar-refractivity contribution in [3.63, 3.8) is 0 Å². The minimum atomic E-state index is -0.429. The first-order valence-electron chi connectivity index (χ1n) is 3.85. The summed E-state index contributed by atoms with van der Waals surface area (Å²) in [4.78, 5) is 13.9. The average Bonchev–Trinajstić information content (AvgIpc) is 2.08. The summed E-state index contributed by atoms with van der Waals surface area (Å²) in [6, 6.07) is 3.62. The standard InChI is InChI=1S/C9H10N2O2/c1-7-3-4-9(10-6-7)5-8(2)11(12)13/h3-6H,1-2H3/b8-5-. The van der Waals surface area contributed by atoms with Gasteiger partial charge in [-0.3, -0.25) is 15.1 Å². The number of nitrogens with zero attached hydrogens (tertiary/aromatic N) is 2. The first-order valence-corrected chi connectivity index (χ1v) is 3.85. The molecule has 68 valence electrons. The van der Waals surface area contributed by atoms with Crippen LogP contribution in [0.25, 0.3) is 6.08 Å². The van der Waals surface area contributed by atoms with Gasteiger partial charge in [-0.25, -0.2) is 0 Å². The van der Waals surface area contributed by atoms with Crippen LogP contribution in [0, 0.1) is 17.0 Å². The van der Waals surface area contributed by atoms with E-state index in [2.05, 4.69) is 4.98 Å². The average molecular weight is 178 g/mol. The molecule has 0 saturated carbocycles. The molecule has 4 nitrogen and oxygen atoms in total. The molecule has 0 aliphatic rings. The molecule has 1 heterocycles. The lowest BCUT2D eigenvalue weighted by molar-refractivity contribution is -0.422. The highest BCUT2D eigenvalue weighted by Gasteiger charge is 2.01. The maximum Gasteiger partial charge on any atom is 0.245 e. The fourth-order valence-corrected chi connectivity index (χ4v) is 0.831. The number of aryl methyl sites for hydroxylation is 1. The van der Waals surface area contributed by atoms with Crippen LogP contribution in [0.4, 0.5) is 0 Å². The SMILES string of the molecule is C/C(=C/c1ccc(C)cn1)[N+](=O)[O-]. The Morgan fingerprint density at radius 2 is 2.31 bits per heavy atom. The van der Waals surface area contributed by atoms with Gasteiger partial charge < -0.3 is 0 Å². The Morgan fingerprint density at radius 1 is 1.62 bits per heavy atom. The van der Waals surface area contributed by atoms with Crippen molar-refractivity contribution < 1.29 is 4.92 Å². The van der Waals surface area contributed by atoms with Crippen LogP contribution in [-0.4, -0.2) is 9.91 Å². The van der Waals surface area contributed by atoms with Crippen molar-refractivity contribution >= 4 is 6.08 Å². The van der Waals surface area contributed by atoms with E-state index in [1.807, 2.05) is 13.0 Å². The number of aromatic nitrogens is 1. The van der Waals surface area contributed by atoms with Gasteiger partial charge in [0.15, 0.2) is 0 Å². The quantitative estimate of drug-likeness (QED) is 0.514. The second-order valence-electron chi connectivity index (χ2n) is 2.80. The van der Waals surface area contributed by atoms with Crippen molar-refractivity contribution in [3.05, 3.63) is 45.4 Å². The summed E-state index contributed by atoms with van der Waals surface area (Å²) >= 11 is 0. The number of allylic oxidation sites excluding steroid dienone is 1. The maximum atomic E-state index is 10.3. The molecule has 1 aromatic heterocycles. The zero-order chi connectivity index (χ0) is 9.84. The summed E-state index contributed by atoms with van der Waals surface area (Å²) in [7, 11) is 0. The topological polar surface area (TPSA) is 56.0 Å². The van der Waals surface area contributed by atoms with E-state index in [1.54, 1.807) is 12.3 Å². The summed E-state index contributed by atoms with van der Waals surface area (Å²) in [5.41, 5.74) is 1.74. The van der Waals surface area contributed by atoms with Crippen molar-refractivity contribution in [1.29, 1.82) is 0 Å². The molecule has 0 aliphatic carbocycles. The van der Waals surface area contributed by atoms with E-state index in [-0.39, 0.29) is 5.70 Å². The third-order valence-electron chi connectivity index (χ3n) is 1.58. The molecule has 0 aliphatic heterocycles. The number of rotatable bonds is 2. The molecule has 0 N–H and O–H groups in total. The molecular formula is C9H10N2O2. The minimum absolute atomic E-state index is 0.0938. The Bertz CT molecular complexity index is 341. The first-order chi connectivity index (χ1) is 6.09. The van der Waals surface area contributed by atoms with Gasteiger partial charge in [-0.2, -0.15) is 0 Å². The molecule has 0 bridgehead atoms. The Morgan fingerprint density at radius 3 is 2.77 bits per heavy atom. The van der Waals surface area contributed by atoms with Gasteiger partial charge in [0.1, 0.15) is 0 Å². The predicted molar refractivity (Wildman–Crippen MR) is 49.6 cm³/mol. The molecule has 0 radical (unpaired) electrons. The van der Waals surface area contributed by atoms with Gasteiger partial charge in [-0.15, -0.1) is 0 Å². The van der Waals surface area contributed by atoms with Gasteiger partial charge in [-0.1, -0.05) is 6.07 Å². The van der Waals surface area contributed by atoms with Gasteiger partial charge in [0, 0.05) is 19.2 Å². The first kappa shape index (κ1) is 9.38. The zero-order valence-corrected chi connectivity index (χ0v) is 7.52. The van der Waals surface area contributed by atoms with E-state index >= 15 is 0 Å². The third kappa shape index (κ3) is 2.66. The highest BCUT2D eigenvalue weighted by Crippen LogP contribution is 2.04. The van der Waals surface area contributed by atoms with Gasteiger partial charge in [-0.05, 0) is 18.6 Å². The van der Waals surface area contributed by atoms with Crippen LogP contribution in [0.2, 0.25) is 0 Å². The second-order valence-corrected chi connectivity index (χ2v) is 2.80. The van der Waals surface area contributed by atoms with Crippen LogP contribution in [-0.2, 0) is 0 Å². The molecule has 0 unspecified atom stereocenters. The van der Waals surface area contributed by atoms with E-state index in [9.17, 15) is 10.1 Å². The molecule has 0 amide bonds. The minimum Gasteiger partial charge on any atom is -0.259 e. The summed E-state index contributed by atoms with van der Waals surface area (Å²) in [6.07, 6.45) is 3.12. The van der Waals surface area contributed by atoms with Gasteiger partial charge in [0.25, 0.3) is 0 Å². The van der Waals surface area contributed by atoms with E-state index in [4.69, 9.17) is 0 Å². The largest absolute Gasteiger partial charge is 0.259 e. The molecule has 0 fully saturated rings. The van der Waals surface area contributed by atoms with E-state index < -0.39 is 4.92 Å². The number of pyridine rings is 1. The molecule has 13 heavy (non-hydrogen) atoms. The van der Waals surface area contributed by atoms with Gasteiger partial charge in [0.05, 0.1) is 10.6 Å². The van der Waals surface area contributed by atoms with Crippen molar-refractivity contribution in [2.24, 2.45) is 0 Å². The van der Waals surface area contributed by atoms with E-state index in [0.29, 0.717) is 5.69 Å². The Kier molecular flexibility index (Phi) is 2.74. The van der Waals surface area contributed by atoms with E-state index in [1.165, 1.54) is 13.0 Å². The lowest BCUT2D eigenvalue weighted by Crippen LogP contribution is -1.93. The fraction of sp³-hybridized carbons (Fsp3) is 0.222. The van der Waals surface area contributed by atoms with Crippen molar-refractivity contribution in [2.45, 2.75) is 13.8 Å². The third-order valence-corrected chi connectivity index (χ3v) is 1.58. The van der Waals surface area contributed by atoms with Gasteiger partial charge >= 0.3 is 0 Å². The van der Waals surface area contributed by atoms with Crippen LogP contribution >= 0.6 is 0 Å². The summed E-state index contributed by atoms with van der Waals surface area (Å²) in [6.45, 7) is 3.36. The number of hydrogen-bond acceptors (Lipinski definition) is 3. The zero-order valence-electron chi connectivity index (χ0n) is 7.52. The summed E-state index contributed by atoms with van der Waals surface area (Å²) in [5, 5.41) is 10.3. The Balaban J connectivity index is 2.92. The van der Waals surface area contributed by atoms with Crippen LogP contribution in [0.3, 0.4) is 0 Å². The monoisotopic (exact) mass is 178 g/mol. The Labute approximate surface area is 76.1 Å². The molecule has 1 aromatic rings. The molecule has 4 heteroatoms. The van der Waals surface area contributed by atoms with Gasteiger partial charge in [0.2, 0.25) is 5.70 Å². The maximum absolute atomic E-state index is 10.3. The second kappa shape index (κ2) is 3.80. The van der Waals surface area contributed by atoms with Crippen molar-refractivity contribution in [2.75, 3.05) is 0 Å². The molecule has 0 aromatic carbocycles. The normalized spacial score (nSPS) is 11.4. The highest BCUT2D eigenvalue weighted by atomic mass is 16.6. The lowest BCUT2D eigenvalue weighted by atomic mass is 10.2. The predicted octanol–water partition coefficient (Wildman–Crippen LogP) is 2.03. The molecular weight excluding hydrogens is 168 g/mol. The summed E-state index contributed by atoms with van der Waals surface area (Å²) in [5.74, 6) is 0. The smallest absolute Gasteiger partial charge is 0.245 e. The number of nitro groups is 1. The molecule has 0 saturated heterocycles.